The van der Waals surface area contributed by atoms with E-state index in [0.717, 1.165) is 27.8 Å². The maximum atomic E-state index is 12.3. The summed E-state index contributed by atoms with van der Waals surface area (Å²) in [5, 5.41) is 2.87. The molecule has 1 amide bonds. The number of oxazole rings is 1. The van der Waals surface area contributed by atoms with Gasteiger partial charge in [-0.15, -0.1) is 0 Å². The quantitative estimate of drug-likeness (QED) is 0.468. The zero-order chi connectivity index (χ0) is 18.3. The van der Waals surface area contributed by atoms with Crippen LogP contribution in [0.25, 0.3) is 22.6 Å². The Balaban J connectivity index is 1.67. The number of carbonyl (C=O) groups is 1. The van der Waals surface area contributed by atoms with Crippen molar-refractivity contribution in [3.8, 4) is 11.5 Å². The van der Waals surface area contributed by atoms with E-state index in [2.05, 4.69) is 26.2 Å². The van der Waals surface area contributed by atoms with E-state index in [-0.39, 0.29) is 11.7 Å². The van der Waals surface area contributed by atoms with Crippen molar-refractivity contribution >= 4 is 38.6 Å². The van der Waals surface area contributed by atoms with Crippen LogP contribution in [0.5, 0.6) is 0 Å². The van der Waals surface area contributed by atoms with E-state index in [0.29, 0.717) is 16.2 Å². The molecule has 0 bridgehead atoms. The molecule has 0 saturated carbocycles. The van der Waals surface area contributed by atoms with Crippen LogP contribution in [-0.4, -0.2) is 10.9 Å². The fourth-order valence-corrected chi connectivity index (χ4v) is 2.98. The largest absolute Gasteiger partial charge is 0.444 e. The topological polar surface area (TPSA) is 68.3 Å². The SMILES string of the molecule is Cc1ccc2oc(-c3ccc(C)c(NC(=O)c4ccc(Br)o4)c3)nc2c1. The first-order chi connectivity index (χ1) is 12.5. The number of furan rings is 1. The number of hydrogen-bond donors (Lipinski definition) is 1. The normalized spacial score (nSPS) is 11.0. The lowest BCUT2D eigenvalue weighted by atomic mass is 10.1. The standard InChI is InChI=1S/C20H15BrN2O3/c1-11-3-6-16-15(9-11)23-20(26-16)13-5-4-12(2)14(10-13)22-19(24)17-7-8-18(21)25-17/h3-10H,1-2H3,(H,22,24). The molecule has 2 aromatic carbocycles. The van der Waals surface area contributed by atoms with Gasteiger partial charge < -0.3 is 14.2 Å². The van der Waals surface area contributed by atoms with Crippen molar-refractivity contribution in [2.75, 3.05) is 5.32 Å². The highest BCUT2D eigenvalue weighted by molar-refractivity contribution is 9.10. The predicted octanol–water partition coefficient (Wildman–Crippen LogP) is 5.72. The minimum Gasteiger partial charge on any atom is -0.444 e. The van der Waals surface area contributed by atoms with Crippen molar-refractivity contribution < 1.29 is 13.6 Å². The molecule has 0 radical (unpaired) electrons. The van der Waals surface area contributed by atoms with E-state index in [1.165, 1.54) is 0 Å². The van der Waals surface area contributed by atoms with Crippen molar-refractivity contribution in [1.29, 1.82) is 0 Å². The smallest absolute Gasteiger partial charge is 0.291 e. The van der Waals surface area contributed by atoms with Crippen LogP contribution in [0.4, 0.5) is 5.69 Å². The number of benzene rings is 2. The maximum absolute atomic E-state index is 12.3. The summed E-state index contributed by atoms with van der Waals surface area (Å²) in [6, 6.07) is 14.9. The first kappa shape index (κ1) is 16.6. The van der Waals surface area contributed by atoms with Gasteiger partial charge in [0.25, 0.3) is 5.91 Å². The first-order valence-corrected chi connectivity index (χ1v) is 8.84. The van der Waals surface area contributed by atoms with Gasteiger partial charge in [-0.3, -0.25) is 4.79 Å². The van der Waals surface area contributed by atoms with Crippen molar-refractivity contribution in [2.24, 2.45) is 0 Å². The molecule has 0 spiro atoms. The Morgan fingerprint density at radius 3 is 2.65 bits per heavy atom. The summed E-state index contributed by atoms with van der Waals surface area (Å²) in [5.41, 5.74) is 5.07. The zero-order valence-electron chi connectivity index (χ0n) is 14.2. The Labute approximate surface area is 158 Å². The number of aromatic nitrogens is 1. The molecule has 5 nitrogen and oxygen atoms in total. The van der Waals surface area contributed by atoms with Crippen LogP contribution < -0.4 is 5.32 Å². The summed E-state index contributed by atoms with van der Waals surface area (Å²) in [4.78, 5) is 16.9. The fourth-order valence-electron chi connectivity index (χ4n) is 2.67. The Kier molecular flexibility index (Phi) is 4.12. The molecule has 26 heavy (non-hydrogen) atoms. The molecular formula is C20H15BrN2O3. The van der Waals surface area contributed by atoms with Gasteiger partial charge in [-0.05, 0) is 77.3 Å². The van der Waals surface area contributed by atoms with Gasteiger partial charge in [0.1, 0.15) is 5.52 Å². The van der Waals surface area contributed by atoms with Gasteiger partial charge in [-0.1, -0.05) is 12.1 Å². The van der Waals surface area contributed by atoms with Crippen LogP contribution in [0.2, 0.25) is 0 Å². The molecule has 1 N–H and O–H groups in total. The van der Waals surface area contributed by atoms with Gasteiger partial charge in [0.2, 0.25) is 5.89 Å². The van der Waals surface area contributed by atoms with Crippen LogP contribution >= 0.6 is 15.9 Å². The molecule has 130 valence electrons. The molecule has 2 aromatic heterocycles. The van der Waals surface area contributed by atoms with Crippen molar-refractivity contribution in [3.63, 3.8) is 0 Å². The Hall–Kier alpha value is -2.86. The summed E-state index contributed by atoms with van der Waals surface area (Å²) >= 11 is 3.20. The van der Waals surface area contributed by atoms with Crippen molar-refractivity contribution in [2.45, 2.75) is 13.8 Å². The molecule has 0 aliphatic heterocycles. The average Bonchev–Trinajstić information content (AvgIpc) is 3.22. The van der Waals surface area contributed by atoms with Crippen molar-refractivity contribution in [1.82, 2.24) is 4.98 Å². The number of fused-ring (bicyclic) bond motifs is 1. The number of anilines is 1. The molecule has 6 heteroatoms. The number of carbonyl (C=O) groups excluding carboxylic acids is 1. The second kappa shape index (κ2) is 6.46. The van der Waals surface area contributed by atoms with Gasteiger partial charge in [0, 0.05) is 11.3 Å². The lowest BCUT2D eigenvalue weighted by molar-refractivity contribution is 0.0995. The molecule has 4 rings (SSSR count). The van der Waals surface area contributed by atoms with Gasteiger partial charge in [0.05, 0.1) is 0 Å². The third-order valence-corrected chi connectivity index (χ3v) is 4.50. The monoisotopic (exact) mass is 410 g/mol. The predicted molar refractivity (Wildman–Crippen MR) is 103 cm³/mol. The number of rotatable bonds is 3. The molecule has 0 saturated heterocycles. The lowest BCUT2D eigenvalue weighted by Gasteiger charge is -2.08. The van der Waals surface area contributed by atoms with Crippen molar-refractivity contribution in [3.05, 3.63) is 70.1 Å². The minimum atomic E-state index is -0.316. The summed E-state index contributed by atoms with van der Waals surface area (Å²) in [6.07, 6.45) is 0. The van der Waals surface area contributed by atoms with E-state index in [1.807, 2.05) is 50.2 Å². The zero-order valence-corrected chi connectivity index (χ0v) is 15.8. The van der Waals surface area contributed by atoms with Crippen LogP contribution in [0.3, 0.4) is 0 Å². The number of amides is 1. The van der Waals surface area contributed by atoms with Crippen LogP contribution in [0.15, 0.2) is 62.0 Å². The molecule has 4 aromatic rings. The number of aryl methyl sites for hydroxylation is 2. The molecule has 0 atom stereocenters. The maximum Gasteiger partial charge on any atom is 0.291 e. The Morgan fingerprint density at radius 1 is 1.04 bits per heavy atom. The summed E-state index contributed by atoms with van der Waals surface area (Å²) in [6.45, 7) is 3.94. The Morgan fingerprint density at radius 2 is 1.88 bits per heavy atom. The van der Waals surface area contributed by atoms with Crippen LogP contribution in [0, 0.1) is 13.8 Å². The summed E-state index contributed by atoms with van der Waals surface area (Å²) in [5.74, 6) is 0.435. The van der Waals surface area contributed by atoms with Gasteiger partial charge in [0.15, 0.2) is 16.0 Å². The third kappa shape index (κ3) is 3.15. The minimum absolute atomic E-state index is 0.235. The molecule has 0 unspecified atom stereocenters. The second-order valence-electron chi connectivity index (χ2n) is 6.08. The molecule has 0 fully saturated rings. The molecule has 0 aliphatic rings. The third-order valence-electron chi connectivity index (χ3n) is 4.07. The van der Waals surface area contributed by atoms with Gasteiger partial charge in [-0.2, -0.15) is 0 Å². The summed E-state index contributed by atoms with van der Waals surface area (Å²) in [7, 11) is 0. The van der Waals surface area contributed by atoms with Gasteiger partial charge in [-0.25, -0.2) is 4.98 Å². The number of nitrogens with zero attached hydrogens (tertiary/aromatic N) is 1. The molecular weight excluding hydrogens is 396 g/mol. The van der Waals surface area contributed by atoms with E-state index in [9.17, 15) is 4.79 Å². The number of nitrogens with one attached hydrogen (secondary N) is 1. The van der Waals surface area contributed by atoms with E-state index >= 15 is 0 Å². The van der Waals surface area contributed by atoms with Crippen LogP contribution in [0.1, 0.15) is 21.7 Å². The van der Waals surface area contributed by atoms with E-state index in [1.54, 1.807) is 12.1 Å². The summed E-state index contributed by atoms with van der Waals surface area (Å²) < 4.78 is 11.7. The fraction of sp³-hybridized carbons (Fsp3) is 0.100. The number of hydrogen-bond acceptors (Lipinski definition) is 4. The lowest BCUT2D eigenvalue weighted by Crippen LogP contribution is -2.11. The highest BCUT2D eigenvalue weighted by Gasteiger charge is 2.14. The molecule has 2 heterocycles. The second-order valence-corrected chi connectivity index (χ2v) is 6.86. The number of halogens is 1. The Bertz CT molecular complexity index is 1130. The van der Waals surface area contributed by atoms with E-state index < -0.39 is 0 Å². The molecule has 0 aliphatic carbocycles. The highest BCUT2D eigenvalue weighted by atomic mass is 79.9. The van der Waals surface area contributed by atoms with Crippen LogP contribution in [-0.2, 0) is 0 Å². The first-order valence-electron chi connectivity index (χ1n) is 8.04. The van der Waals surface area contributed by atoms with E-state index in [4.69, 9.17) is 8.83 Å². The average molecular weight is 411 g/mol. The highest BCUT2D eigenvalue weighted by Crippen LogP contribution is 2.28. The van der Waals surface area contributed by atoms with Gasteiger partial charge >= 0.3 is 0 Å².